The van der Waals surface area contributed by atoms with Crippen LogP contribution < -0.4 is 5.30 Å². The van der Waals surface area contributed by atoms with Crippen molar-refractivity contribution in [3.05, 3.63) is 34.4 Å². The van der Waals surface area contributed by atoms with Crippen molar-refractivity contribution >= 4 is 29.3 Å². The first kappa shape index (κ1) is 19.0. The van der Waals surface area contributed by atoms with E-state index in [1.807, 2.05) is 6.92 Å². The zero-order chi connectivity index (χ0) is 16.8. The second kappa shape index (κ2) is 8.01. The summed E-state index contributed by atoms with van der Waals surface area (Å²) in [5.74, 6) is 0. The molecule has 0 saturated carbocycles. The number of unbranched alkanes of at least 4 members (excludes halogenated alkanes) is 1. The van der Waals surface area contributed by atoms with Crippen LogP contribution in [0.1, 0.15) is 19.8 Å². The maximum atomic E-state index is 12.4. The van der Waals surface area contributed by atoms with Crippen molar-refractivity contribution in [1.29, 1.82) is 0 Å². The van der Waals surface area contributed by atoms with Crippen molar-refractivity contribution < 1.29 is 27.1 Å². The van der Waals surface area contributed by atoms with Crippen LogP contribution in [0.4, 0.5) is 18.9 Å². The molecule has 0 radical (unpaired) electrons. The average molecular weight is 357 g/mol. The van der Waals surface area contributed by atoms with Crippen LogP contribution in [0.5, 0.6) is 0 Å². The van der Waals surface area contributed by atoms with Gasteiger partial charge in [0.05, 0.1) is 11.5 Å². The van der Waals surface area contributed by atoms with Gasteiger partial charge in [0.25, 0.3) is 5.69 Å². The molecule has 0 fully saturated rings. The molecule has 1 aromatic carbocycles. The molecule has 22 heavy (non-hydrogen) atoms. The van der Waals surface area contributed by atoms with E-state index in [2.05, 4.69) is 0 Å². The minimum atomic E-state index is -4.53. The molecule has 0 aliphatic carbocycles. The molecule has 1 rings (SSSR count). The number of halogens is 3. The van der Waals surface area contributed by atoms with Crippen LogP contribution in [0, 0.1) is 10.1 Å². The highest BCUT2D eigenvalue weighted by Crippen LogP contribution is 2.48. The summed E-state index contributed by atoms with van der Waals surface area (Å²) < 4.78 is 47.3. The Morgan fingerprint density at radius 3 is 2.32 bits per heavy atom. The topological polar surface area (TPSA) is 61.6 Å². The molecule has 1 unspecified atom stereocenters. The molecule has 0 heterocycles. The normalized spacial score (nSPS) is 14.5. The van der Waals surface area contributed by atoms with Gasteiger partial charge in [-0.15, -0.1) is 0 Å². The molecule has 1 aromatic rings. The zero-order valence-corrected chi connectivity index (χ0v) is 13.4. The standard InChI is InChI=1S/C12H15F3NO4PS/c1-2-3-8-19-21(22,20-9-12(13,14)15)11-6-4-10(5-7-11)16(17)18/h4-7H,2-3,8-9H2,1H3. The fourth-order valence-corrected chi connectivity index (χ4v) is 3.75. The molecule has 0 amide bonds. The van der Waals surface area contributed by atoms with Gasteiger partial charge in [-0.05, 0) is 30.4 Å². The summed E-state index contributed by atoms with van der Waals surface area (Å²) in [6.45, 7) is -2.81. The van der Waals surface area contributed by atoms with Gasteiger partial charge < -0.3 is 9.05 Å². The lowest BCUT2D eigenvalue weighted by atomic mass is 10.3. The number of non-ortho nitro benzene ring substituents is 1. The van der Waals surface area contributed by atoms with Gasteiger partial charge in [0.2, 0.25) is 6.49 Å². The molecule has 0 saturated heterocycles. The van der Waals surface area contributed by atoms with E-state index in [1.165, 1.54) is 12.1 Å². The second-order valence-corrected chi connectivity index (χ2v) is 7.82. The predicted octanol–water partition coefficient (Wildman–Crippen LogP) is 3.93. The van der Waals surface area contributed by atoms with E-state index < -0.39 is 24.2 Å². The van der Waals surface area contributed by atoms with Gasteiger partial charge in [-0.1, -0.05) is 13.3 Å². The Labute approximate surface area is 130 Å². The van der Waals surface area contributed by atoms with E-state index in [0.717, 1.165) is 18.6 Å². The van der Waals surface area contributed by atoms with Crippen LogP contribution in [0.3, 0.4) is 0 Å². The second-order valence-electron chi connectivity index (χ2n) is 4.35. The summed E-state index contributed by atoms with van der Waals surface area (Å²) in [4.78, 5) is 10.00. The van der Waals surface area contributed by atoms with Gasteiger partial charge in [-0.3, -0.25) is 10.1 Å². The van der Waals surface area contributed by atoms with Gasteiger partial charge in [-0.2, -0.15) is 13.2 Å². The van der Waals surface area contributed by atoms with E-state index >= 15 is 0 Å². The SMILES string of the molecule is CCCCOP(=S)(OCC(F)(F)F)c1ccc([N+](=O)[O-])cc1. The Balaban J connectivity index is 2.97. The van der Waals surface area contributed by atoms with Gasteiger partial charge in [0.1, 0.15) is 0 Å². The van der Waals surface area contributed by atoms with Gasteiger partial charge in [-0.25, -0.2) is 0 Å². The predicted molar refractivity (Wildman–Crippen MR) is 79.9 cm³/mol. The molecule has 5 nitrogen and oxygen atoms in total. The van der Waals surface area contributed by atoms with E-state index in [-0.39, 0.29) is 17.6 Å². The highest BCUT2D eigenvalue weighted by Gasteiger charge is 2.33. The molecule has 0 bridgehead atoms. The fraction of sp³-hybridized carbons (Fsp3) is 0.500. The summed E-state index contributed by atoms with van der Waals surface area (Å²) in [7, 11) is 0. The Morgan fingerprint density at radius 2 is 1.86 bits per heavy atom. The number of benzene rings is 1. The van der Waals surface area contributed by atoms with E-state index in [0.29, 0.717) is 6.42 Å². The Morgan fingerprint density at radius 1 is 1.27 bits per heavy atom. The van der Waals surface area contributed by atoms with E-state index in [1.54, 1.807) is 0 Å². The summed E-state index contributed by atoms with van der Waals surface area (Å²) in [6, 6.07) is 4.88. The first-order valence-corrected chi connectivity index (χ1v) is 9.02. The third kappa shape index (κ3) is 6.00. The third-order valence-electron chi connectivity index (χ3n) is 2.53. The smallest absolute Gasteiger partial charge is 0.326 e. The minimum absolute atomic E-state index is 0.169. The quantitative estimate of drug-likeness (QED) is 0.305. The largest absolute Gasteiger partial charge is 0.412 e. The van der Waals surface area contributed by atoms with Crippen molar-refractivity contribution in [2.75, 3.05) is 13.2 Å². The van der Waals surface area contributed by atoms with E-state index in [9.17, 15) is 23.3 Å². The van der Waals surface area contributed by atoms with Crippen molar-refractivity contribution in [1.82, 2.24) is 0 Å². The third-order valence-corrected chi connectivity index (χ3v) is 5.72. The Hall–Kier alpha value is -1.02. The van der Waals surface area contributed by atoms with Gasteiger partial charge >= 0.3 is 6.18 Å². The summed E-state index contributed by atoms with van der Waals surface area (Å²) in [5.41, 5.74) is -0.185. The highest BCUT2D eigenvalue weighted by molar-refractivity contribution is 8.13. The van der Waals surface area contributed by atoms with Crippen molar-refractivity contribution in [2.24, 2.45) is 0 Å². The number of nitrogens with zero attached hydrogens (tertiary/aromatic N) is 1. The van der Waals surface area contributed by atoms with Crippen LogP contribution in [-0.4, -0.2) is 24.3 Å². The van der Waals surface area contributed by atoms with Crippen LogP contribution in [0.15, 0.2) is 24.3 Å². The molecular formula is C12H15F3NO4PS. The van der Waals surface area contributed by atoms with Crippen LogP contribution in [0.25, 0.3) is 0 Å². The molecule has 10 heteroatoms. The Bertz CT molecular complexity index is 550. The summed E-state index contributed by atoms with van der Waals surface area (Å²) >= 11 is 5.16. The number of alkyl halides is 3. The van der Waals surface area contributed by atoms with Crippen molar-refractivity contribution in [3.8, 4) is 0 Å². The Kier molecular flexibility index (Phi) is 6.93. The first-order valence-electron chi connectivity index (χ1n) is 6.39. The zero-order valence-electron chi connectivity index (χ0n) is 11.7. The molecule has 0 N–H and O–H groups in total. The van der Waals surface area contributed by atoms with Crippen LogP contribution in [-0.2, 0) is 20.9 Å². The maximum Gasteiger partial charge on any atom is 0.412 e. The minimum Gasteiger partial charge on any atom is -0.326 e. The number of hydrogen-bond donors (Lipinski definition) is 0. The van der Waals surface area contributed by atoms with Crippen LogP contribution in [0.2, 0.25) is 0 Å². The summed E-state index contributed by atoms with van der Waals surface area (Å²) in [5, 5.41) is 10.8. The molecular weight excluding hydrogens is 342 g/mol. The molecule has 124 valence electrons. The summed E-state index contributed by atoms with van der Waals surface area (Å²) in [6.07, 6.45) is -3.12. The molecule has 1 atom stereocenters. The lowest BCUT2D eigenvalue weighted by Gasteiger charge is -2.23. The molecule has 0 aliphatic heterocycles. The fourth-order valence-electron chi connectivity index (χ4n) is 1.43. The van der Waals surface area contributed by atoms with Crippen molar-refractivity contribution in [3.63, 3.8) is 0 Å². The average Bonchev–Trinajstić information content (AvgIpc) is 2.45. The van der Waals surface area contributed by atoms with Gasteiger partial charge in [0.15, 0.2) is 6.61 Å². The monoisotopic (exact) mass is 357 g/mol. The number of nitro benzene ring substituents is 1. The lowest BCUT2D eigenvalue weighted by molar-refractivity contribution is -0.384. The number of nitro groups is 1. The van der Waals surface area contributed by atoms with Crippen LogP contribution >= 0.6 is 6.49 Å². The number of hydrogen-bond acceptors (Lipinski definition) is 5. The van der Waals surface area contributed by atoms with Gasteiger partial charge in [0, 0.05) is 17.4 Å². The molecule has 0 spiro atoms. The van der Waals surface area contributed by atoms with Crippen molar-refractivity contribution in [2.45, 2.75) is 25.9 Å². The maximum absolute atomic E-state index is 12.4. The molecule has 0 aliphatic rings. The van der Waals surface area contributed by atoms with E-state index in [4.69, 9.17) is 20.9 Å². The highest BCUT2D eigenvalue weighted by atomic mass is 32.5. The molecule has 0 aromatic heterocycles. The number of rotatable bonds is 8. The lowest BCUT2D eigenvalue weighted by Crippen LogP contribution is -2.20. The first-order chi connectivity index (χ1) is 10.2.